The Morgan fingerprint density at radius 1 is 1.15 bits per heavy atom. The van der Waals surface area contributed by atoms with Crippen LogP contribution >= 0.6 is 0 Å². The predicted molar refractivity (Wildman–Crippen MR) is 42.0 cm³/mol. The first-order chi connectivity index (χ1) is 5.55. The van der Waals surface area contributed by atoms with Gasteiger partial charge in [0.15, 0.2) is 0 Å². The van der Waals surface area contributed by atoms with Gasteiger partial charge in [0.1, 0.15) is 0 Å². The van der Waals surface area contributed by atoms with E-state index in [2.05, 4.69) is 5.32 Å². The monoisotopic (exact) mass is 217 g/mol. The van der Waals surface area contributed by atoms with Crippen molar-refractivity contribution < 1.29 is 64.3 Å². The largest absolute Gasteiger partial charge is 1.00 e. The molecule has 6 heteroatoms. The SMILES string of the molecule is F[B-](F)(F)C1CC12CCNCC2.[K+]. The molecule has 0 bridgehead atoms. The third kappa shape index (κ3) is 2.52. The summed E-state index contributed by atoms with van der Waals surface area (Å²) in [7, 11) is 0. The van der Waals surface area contributed by atoms with Crippen molar-refractivity contribution >= 4 is 6.98 Å². The summed E-state index contributed by atoms with van der Waals surface area (Å²) >= 11 is 0. The number of nitrogens with one attached hydrogen (secondary N) is 1. The second kappa shape index (κ2) is 4.14. The zero-order chi connectivity index (χ0) is 8.82. The Hall–Kier alpha value is 1.45. The fourth-order valence-corrected chi connectivity index (χ4v) is 2.41. The van der Waals surface area contributed by atoms with E-state index in [0.717, 1.165) is 25.9 Å². The summed E-state index contributed by atoms with van der Waals surface area (Å²) in [6.45, 7) is -3.03. The first kappa shape index (κ1) is 12.5. The van der Waals surface area contributed by atoms with Gasteiger partial charge in [0, 0.05) is 0 Å². The van der Waals surface area contributed by atoms with Crippen LogP contribution in [0.15, 0.2) is 0 Å². The van der Waals surface area contributed by atoms with Gasteiger partial charge in [-0.3, -0.25) is 0 Å². The molecule has 1 saturated heterocycles. The van der Waals surface area contributed by atoms with E-state index in [-0.39, 0.29) is 56.8 Å². The Morgan fingerprint density at radius 2 is 1.69 bits per heavy atom. The molecular formula is C7H12BF3KN. The Morgan fingerprint density at radius 3 is 2.08 bits per heavy atom. The number of rotatable bonds is 1. The van der Waals surface area contributed by atoms with Gasteiger partial charge < -0.3 is 18.3 Å². The molecule has 2 rings (SSSR count). The summed E-state index contributed by atoms with van der Waals surface area (Å²) < 4.78 is 36.9. The van der Waals surface area contributed by atoms with Gasteiger partial charge in [-0.15, -0.1) is 0 Å². The molecule has 0 amide bonds. The van der Waals surface area contributed by atoms with Gasteiger partial charge in [0.05, 0.1) is 0 Å². The van der Waals surface area contributed by atoms with E-state index in [0.29, 0.717) is 6.42 Å². The predicted octanol–water partition coefficient (Wildman–Crippen LogP) is -1.02. The molecule has 13 heavy (non-hydrogen) atoms. The summed E-state index contributed by atoms with van der Waals surface area (Å²) in [5.74, 6) is -0.931. The molecule has 0 aromatic rings. The topological polar surface area (TPSA) is 12.0 Å². The van der Waals surface area contributed by atoms with Gasteiger partial charge in [-0.1, -0.05) is 17.7 Å². The Bertz CT molecular complexity index is 191. The average molecular weight is 217 g/mol. The van der Waals surface area contributed by atoms with Crippen LogP contribution in [0, 0.1) is 5.41 Å². The number of hydrogen-bond acceptors (Lipinski definition) is 1. The quantitative estimate of drug-likeness (QED) is 0.554. The maximum absolute atomic E-state index is 12.3. The van der Waals surface area contributed by atoms with Crippen molar-refractivity contribution in [3.63, 3.8) is 0 Å². The minimum Gasteiger partial charge on any atom is -0.449 e. The second-order valence-electron chi connectivity index (χ2n) is 4.05. The van der Waals surface area contributed by atoms with Gasteiger partial charge in [0.25, 0.3) is 0 Å². The van der Waals surface area contributed by atoms with E-state index < -0.39 is 12.8 Å². The van der Waals surface area contributed by atoms with Crippen molar-refractivity contribution in [1.82, 2.24) is 5.32 Å². The van der Waals surface area contributed by atoms with Crippen LogP contribution in [0.3, 0.4) is 0 Å². The summed E-state index contributed by atoms with van der Waals surface area (Å²) in [5, 5.41) is 3.09. The van der Waals surface area contributed by atoms with Gasteiger partial charge >= 0.3 is 58.4 Å². The molecule has 2 fully saturated rings. The Balaban J connectivity index is 0.000000845. The molecular weight excluding hydrogens is 205 g/mol. The van der Waals surface area contributed by atoms with Gasteiger partial charge in [-0.05, 0) is 25.9 Å². The minimum absolute atomic E-state index is 0. The first-order valence-electron chi connectivity index (χ1n) is 4.45. The fraction of sp³-hybridized carbons (Fsp3) is 1.00. The van der Waals surface area contributed by atoms with Crippen LogP contribution in [0.1, 0.15) is 19.3 Å². The number of piperidine rings is 1. The molecule has 1 aliphatic carbocycles. The molecule has 1 heterocycles. The van der Waals surface area contributed by atoms with Crippen LogP contribution in [-0.2, 0) is 0 Å². The van der Waals surface area contributed by atoms with Crippen molar-refractivity contribution in [3.8, 4) is 0 Å². The zero-order valence-corrected chi connectivity index (χ0v) is 10.9. The molecule has 1 N–H and O–H groups in total. The molecule has 0 radical (unpaired) electrons. The van der Waals surface area contributed by atoms with Crippen molar-refractivity contribution in [2.75, 3.05) is 13.1 Å². The first-order valence-corrected chi connectivity index (χ1v) is 4.45. The Labute approximate surface area is 119 Å². The maximum Gasteiger partial charge on any atom is 1.00 e. The maximum atomic E-state index is 12.3. The van der Waals surface area contributed by atoms with Gasteiger partial charge in [-0.25, -0.2) is 0 Å². The third-order valence-corrected chi connectivity index (χ3v) is 3.31. The van der Waals surface area contributed by atoms with E-state index in [1.165, 1.54) is 0 Å². The van der Waals surface area contributed by atoms with Crippen LogP contribution in [-0.4, -0.2) is 20.1 Å². The van der Waals surface area contributed by atoms with Gasteiger partial charge in [-0.2, -0.15) is 0 Å². The van der Waals surface area contributed by atoms with E-state index in [4.69, 9.17) is 0 Å². The molecule has 1 nitrogen and oxygen atoms in total. The van der Waals surface area contributed by atoms with Crippen LogP contribution in [0.5, 0.6) is 0 Å². The van der Waals surface area contributed by atoms with Crippen LogP contribution in [0.4, 0.5) is 12.9 Å². The smallest absolute Gasteiger partial charge is 0.449 e. The third-order valence-electron chi connectivity index (χ3n) is 3.31. The van der Waals surface area contributed by atoms with E-state index in [1.54, 1.807) is 0 Å². The van der Waals surface area contributed by atoms with Crippen LogP contribution in [0.2, 0.25) is 5.82 Å². The average Bonchev–Trinajstić information content (AvgIpc) is 2.65. The van der Waals surface area contributed by atoms with Crippen molar-refractivity contribution in [3.05, 3.63) is 0 Å². The molecule has 0 aromatic carbocycles. The van der Waals surface area contributed by atoms with Crippen molar-refractivity contribution in [1.29, 1.82) is 0 Å². The second-order valence-corrected chi connectivity index (χ2v) is 4.05. The molecule has 1 aliphatic heterocycles. The summed E-state index contributed by atoms with van der Waals surface area (Å²) in [6, 6.07) is 0. The van der Waals surface area contributed by atoms with Crippen molar-refractivity contribution in [2.24, 2.45) is 5.41 Å². The van der Waals surface area contributed by atoms with Gasteiger partial charge in [0.2, 0.25) is 0 Å². The summed E-state index contributed by atoms with van der Waals surface area (Å²) in [5.41, 5.74) is -0.330. The molecule has 1 atom stereocenters. The molecule has 0 aromatic heterocycles. The van der Waals surface area contributed by atoms with E-state index in [9.17, 15) is 12.9 Å². The van der Waals surface area contributed by atoms with Crippen molar-refractivity contribution in [2.45, 2.75) is 25.1 Å². The zero-order valence-electron chi connectivity index (χ0n) is 7.82. The summed E-state index contributed by atoms with van der Waals surface area (Å²) in [6.07, 6.45) is 1.84. The van der Waals surface area contributed by atoms with Crippen LogP contribution < -0.4 is 56.7 Å². The normalized spacial score (nSPS) is 31.2. The molecule has 1 unspecified atom stereocenters. The molecule has 70 valence electrons. The van der Waals surface area contributed by atoms with Crippen LogP contribution in [0.25, 0.3) is 0 Å². The summed E-state index contributed by atoms with van der Waals surface area (Å²) in [4.78, 5) is 0. The van der Waals surface area contributed by atoms with E-state index >= 15 is 0 Å². The Kier molecular flexibility index (Phi) is 3.98. The van der Waals surface area contributed by atoms with E-state index in [1.807, 2.05) is 0 Å². The number of hydrogen-bond donors (Lipinski definition) is 1. The molecule has 1 saturated carbocycles. The minimum atomic E-state index is -4.56. The fourth-order valence-electron chi connectivity index (χ4n) is 2.41. The number of halogens is 3. The molecule has 2 aliphatic rings. The standard InChI is InChI=1S/C7H12BF3N.K/c9-8(10,11)6-5-7(6)1-3-12-4-2-7;/h6,12H,1-5H2;/q-1;+1. The molecule has 1 spiro atoms.